The van der Waals surface area contributed by atoms with E-state index in [1.807, 2.05) is 6.20 Å². The Hall–Kier alpha value is -2.41. The second-order valence-corrected chi connectivity index (χ2v) is 5.59. The Kier molecular flexibility index (Phi) is 2.85. The highest BCUT2D eigenvalue weighted by atomic mass is 14.7. The lowest BCUT2D eigenvalue weighted by atomic mass is 9.97. The van der Waals surface area contributed by atoms with Gasteiger partial charge in [-0.05, 0) is 35.4 Å². The summed E-state index contributed by atoms with van der Waals surface area (Å²) in [6.07, 6.45) is 6.48. The van der Waals surface area contributed by atoms with Gasteiger partial charge in [-0.15, -0.1) is 0 Å². The predicted molar refractivity (Wildman–Crippen MR) is 89.2 cm³/mol. The summed E-state index contributed by atoms with van der Waals surface area (Å²) in [5, 5.41) is 2.48. The molecule has 102 valence electrons. The van der Waals surface area contributed by atoms with Crippen molar-refractivity contribution in [1.82, 2.24) is 4.98 Å². The van der Waals surface area contributed by atoms with Crippen LogP contribution in [0.2, 0.25) is 0 Å². The van der Waals surface area contributed by atoms with Gasteiger partial charge in [-0.1, -0.05) is 61.0 Å². The minimum Gasteiger partial charge on any atom is -0.256 e. The number of allylic oxidation sites excluding steroid dienone is 1. The summed E-state index contributed by atoms with van der Waals surface area (Å²) >= 11 is 0. The Labute approximate surface area is 125 Å². The molecule has 0 aliphatic heterocycles. The highest BCUT2D eigenvalue weighted by Gasteiger charge is 2.17. The fourth-order valence-corrected chi connectivity index (χ4v) is 3.21. The van der Waals surface area contributed by atoms with Gasteiger partial charge in [0.15, 0.2) is 0 Å². The van der Waals surface area contributed by atoms with Gasteiger partial charge in [0.1, 0.15) is 0 Å². The van der Waals surface area contributed by atoms with Crippen LogP contribution in [-0.2, 0) is 6.42 Å². The molecule has 0 bridgehead atoms. The van der Waals surface area contributed by atoms with Crippen LogP contribution in [-0.4, -0.2) is 4.98 Å². The SMILES string of the molecule is CCC1=Cc2c(cccc2-c2nccc3ccccc23)C1. The third-order valence-electron chi connectivity index (χ3n) is 4.35. The largest absolute Gasteiger partial charge is 0.256 e. The highest BCUT2D eigenvalue weighted by Crippen LogP contribution is 2.36. The number of fused-ring (bicyclic) bond motifs is 2. The summed E-state index contributed by atoms with van der Waals surface area (Å²) in [5.41, 5.74) is 6.65. The van der Waals surface area contributed by atoms with Crippen molar-refractivity contribution in [1.29, 1.82) is 0 Å². The van der Waals surface area contributed by atoms with Crippen molar-refractivity contribution >= 4 is 16.8 Å². The number of rotatable bonds is 2. The second kappa shape index (κ2) is 4.85. The smallest absolute Gasteiger partial charge is 0.0786 e. The molecule has 0 radical (unpaired) electrons. The second-order valence-electron chi connectivity index (χ2n) is 5.59. The summed E-state index contributed by atoms with van der Waals surface area (Å²) < 4.78 is 0. The monoisotopic (exact) mass is 271 g/mol. The molecule has 1 aliphatic rings. The number of pyridine rings is 1. The molecule has 1 aromatic heterocycles. The molecule has 1 heteroatoms. The van der Waals surface area contributed by atoms with E-state index < -0.39 is 0 Å². The quantitative estimate of drug-likeness (QED) is 0.620. The normalized spacial score (nSPS) is 13.3. The summed E-state index contributed by atoms with van der Waals surface area (Å²) in [5.74, 6) is 0. The van der Waals surface area contributed by atoms with Crippen molar-refractivity contribution in [3.63, 3.8) is 0 Å². The first kappa shape index (κ1) is 12.3. The lowest BCUT2D eigenvalue weighted by Crippen LogP contribution is -1.91. The maximum atomic E-state index is 4.68. The van der Waals surface area contributed by atoms with E-state index in [1.54, 1.807) is 0 Å². The molecule has 0 unspecified atom stereocenters. The molecule has 1 heterocycles. The fraction of sp³-hybridized carbons (Fsp3) is 0.150. The summed E-state index contributed by atoms with van der Waals surface area (Å²) in [4.78, 5) is 4.68. The standard InChI is InChI=1S/C20H17N/c1-2-14-12-16-7-5-9-18(19(16)13-14)20-17-8-4-3-6-15(17)10-11-21-20/h3-11,13H,2,12H2,1H3. The Morgan fingerprint density at radius 3 is 2.81 bits per heavy atom. The average molecular weight is 271 g/mol. The van der Waals surface area contributed by atoms with Crippen LogP contribution in [0, 0.1) is 0 Å². The van der Waals surface area contributed by atoms with E-state index in [-0.39, 0.29) is 0 Å². The van der Waals surface area contributed by atoms with E-state index in [4.69, 9.17) is 0 Å². The van der Waals surface area contributed by atoms with Crippen LogP contribution in [0.5, 0.6) is 0 Å². The Morgan fingerprint density at radius 1 is 1.00 bits per heavy atom. The van der Waals surface area contributed by atoms with Gasteiger partial charge in [0, 0.05) is 17.1 Å². The molecule has 4 rings (SSSR count). The maximum Gasteiger partial charge on any atom is 0.0786 e. The molecule has 0 N–H and O–H groups in total. The molecule has 0 spiro atoms. The van der Waals surface area contributed by atoms with Crippen LogP contribution in [0.1, 0.15) is 24.5 Å². The third-order valence-corrected chi connectivity index (χ3v) is 4.35. The van der Waals surface area contributed by atoms with Crippen molar-refractivity contribution < 1.29 is 0 Å². The maximum absolute atomic E-state index is 4.68. The van der Waals surface area contributed by atoms with Crippen molar-refractivity contribution in [3.05, 3.63) is 71.4 Å². The molecule has 1 nitrogen and oxygen atoms in total. The first-order valence-corrected chi connectivity index (χ1v) is 7.52. The van der Waals surface area contributed by atoms with E-state index in [1.165, 1.54) is 33.0 Å². The van der Waals surface area contributed by atoms with Gasteiger partial charge in [-0.3, -0.25) is 4.98 Å². The number of nitrogens with zero attached hydrogens (tertiary/aromatic N) is 1. The van der Waals surface area contributed by atoms with Crippen molar-refractivity contribution in [3.8, 4) is 11.3 Å². The fourth-order valence-electron chi connectivity index (χ4n) is 3.21. The Bertz CT molecular complexity index is 853. The lowest BCUT2D eigenvalue weighted by Gasteiger charge is -2.09. The van der Waals surface area contributed by atoms with Crippen LogP contribution in [0.3, 0.4) is 0 Å². The highest BCUT2D eigenvalue weighted by molar-refractivity contribution is 5.97. The summed E-state index contributed by atoms with van der Waals surface area (Å²) in [6, 6.07) is 17.2. The lowest BCUT2D eigenvalue weighted by molar-refractivity contribution is 1.04. The number of hydrogen-bond donors (Lipinski definition) is 0. The molecular formula is C20H17N. The van der Waals surface area contributed by atoms with E-state index in [0.717, 1.165) is 18.5 Å². The van der Waals surface area contributed by atoms with Gasteiger partial charge in [0.2, 0.25) is 0 Å². The molecule has 21 heavy (non-hydrogen) atoms. The molecule has 0 atom stereocenters. The average Bonchev–Trinajstić information content (AvgIpc) is 2.97. The van der Waals surface area contributed by atoms with Gasteiger partial charge in [-0.25, -0.2) is 0 Å². The van der Waals surface area contributed by atoms with E-state index in [9.17, 15) is 0 Å². The van der Waals surface area contributed by atoms with Gasteiger partial charge in [-0.2, -0.15) is 0 Å². The first-order chi connectivity index (χ1) is 10.4. The molecule has 1 aliphatic carbocycles. The minimum atomic E-state index is 1.09. The van der Waals surface area contributed by atoms with Crippen molar-refractivity contribution in [2.45, 2.75) is 19.8 Å². The molecule has 2 aromatic carbocycles. The van der Waals surface area contributed by atoms with Gasteiger partial charge < -0.3 is 0 Å². The first-order valence-electron chi connectivity index (χ1n) is 7.52. The zero-order chi connectivity index (χ0) is 14.2. The van der Waals surface area contributed by atoms with E-state index in [0.29, 0.717) is 0 Å². The molecule has 3 aromatic rings. The minimum absolute atomic E-state index is 1.09. The topological polar surface area (TPSA) is 12.9 Å². The van der Waals surface area contributed by atoms with E-state index >= 15 is 0 Å². The van der Waals surface area contributed by atoms with Gasteiger partial charge in [0.05, 0.1) is 5.69 Å². The summed E-state index contributed by atoms with van der Waals surface area (Å²) in [7, 11) is 0. The molecular weight excluding hydrogens is 254 g/mol. The number of hydrogen-bond acceptors (Lipinski definition) is 1. The molecule has 0 amide bonds. The molecule has 0 saturated carbocycles. The van der Waals surface area contributed by atoms with Gasteiger partial charge >= 0.3 is 0 Å². The van der Waals surface area contributed by atoms with E-state index in [2.05, 4.69) is 66.5 Å². The van der Waals surface area contributed by atoms with Crippen molar-refractivity contribution in [2.75, 3.05) is 0 Å². The van der Waals surface area contributed by atoms with Crippen molar-refractivity contribution in [2.24, 2.45) is 0 Å². The van der Waals surface area contributed by atoms with Gasteiger partial charge in [0.25, 0.3) is 0 Å². The van der Waals surface area contributed by atoms with Crippen LogP contribution in [0.4, 0.5) is 0 Å². The Morgan fingerprint density at radius 2 is 1.90 bits per heavy atom. The Balaban J connectivity index is 1.99. The number of aromatic nitrogens is 1. The third kappa shape index (κ3) is 1.97. The number of benzene rings is 2. The van der Waals surface area contributed by atoms with Crippen LogP contribution in [0.25, 0.3) is 28.1 Å². The molecule has 0 saturated heterocycles. The summed E-state index contributed by atoms with van der Waals surface area (Å²) in [6.45, 7) is 2.23. The van der Waals surface area contributed by atoms with Crippen LogP contribution in [0.15, 0.2) is 60.3 Å². The molecule has 0 fully saturated rings. The zero-order valence-corrected chi connectivity index (χ0v) is 12.1. The van der Waals surface area contributed by atoms with Crippen LogP contribution < -0.4 is 0 Å². The zero-order valence-electron chi connectivity index (χ0n) is 12.1. The predicted octanol–water partition coefficient (Wildman–Crippen LogP) is 5.25. The van der Waals surface area contributed by atoms with Crippen LogP contribution >= 0.6 is 0 Å².